The molecule has 21 heavy (non-hydrogen) atoms. The molecule has 0 aliphatic heterocycles. The molecule has 0 saturated heterocycles. The van der Waals surface area contributed by atoms with E-state index in [2.05, 4.69) is 4.74 Å². The van der Waals surface area contributed by atoms with Gasteiger partial charge in [0.05, 0.1) is 7.11 Å². The van der Waals surface area contributed by atoms with E-state index in [4.69, 9.17) is 9.47 Å². The van der Waals surface area contributed by atoms with Gasteiger partial charge < -0.3 is 14.2 Å². The topological polar surface area (TPSA) is 44.8 Å². The van der Waals surface area contributed by atoms with Gasteiger partial charge in [-0.2, -0.15) is 0 Å². The fraction of sp³-hybridized carbons (Fsp3) is 0.235. The average Bonchev–Trinajstić information content (AvgIpc) is 2.54. The van der Waals surface area contributed by atoms with Gasteiger partial charge in [-0.05, 0) is 24.6 Å². The molecular weight excluding hydrogens is 268 g/mol. The molecule has 0 heterocycles. The number of para-hydroxylation sites is 2. The Morgan fingerprint density at radius 1 is 1.00 bits per heavy atom. The smallest absolute Gasteiger partial charge is 0.346 e. The average molecular weight is 286 g/mol. The predicted molar refractivity (Wildman–Crippen MR) is 79.3 cm³/mol. The van der Waals surface area contributed by atoms with Gasteiger partial charge in [0, 0.05) is 0 Å². The Morgan fingerprint density at radius 3 is 2.29 bits per heavy atom. The highest BCUT2D eigenvalue weighted by molar-refractivity contribution is 5.74. The quantitative estimate of drug-likeness (QED) is 0.765. The van der Waals surface area contributed by atoms with E-state index in [0.29, 0.717) is 18.1 Å². The van der Waals surface area contributed by atoms with E-state index in [-0.39, 0.29) is 0 Å². The number of hydrogen-bond acceptors (Lipinski definition) is 4. The van der Waals surface area contributed by atoms with Gasteiger partial charge in [0.15, 0.2) is 17.6 Å². The molecule has 0 aliphatic rings. The minimum absolute atomic E-state index is 0.423. The second-order valence-corrected chi connectivity index (χ2v) is 4.50. The van der Waals surface area contributed by atoms with Crippen LogP contribution < -0.4 is 9.47 Å². The van der Waals surface area contributed by atoms with Crippen molar-refractivity contribution < 1.29 is 19.0 Å². The van der Waals surface area contributed by atoms with Crippen LogP contribution in [0.3, 0.4) is 0 Å². The third-order valence-corrected chi connectivity index (χ3v) is 2.92. The summed E-state index contributed by atoms with van der Waals surface area (Å²) < 4.78 is 16.0. The lowest BCUT2D eigenvalue weighted by Crippen LogP contribution is -2.25. The van der Waals surface area contributed by atoms with Gasteiger partial charge >= 0.3 is 5.97 Å². The summed E-state index contributed by atoms with van der Waals surface area (Å²) in [5, 5.41) is 0. The van der Waals surface area contributed by atoms with Crippen molar-refractivity contribution in [1.82, 2.24) is 0 Å². The van der Waals surface area contributed by atoms with Crippen LogP contribution in [0.15, 0.2) is 54.6 Å². The van der Waals surface area contributed by atoms with Crippen molar-refractivity contribution in [2.24, 2.45) is 0 Å². The molecule has 0 unspecified atom stereocenters. The molecule has 0 fully saturated rings. The molecule has 4 nitrogen and oxygen atoms in total. The van der Waals surface area contributed by atoms with Gasteiger partial charge in [-0.25, -0.2) is 4.79 Å². The van der Waals surface area contributed by atoms with E-state index in [0.717, 1.165) is 5.56 Å². The third kappa shape index (κ3) is 4.24. The van der Waals surface area contributed by atoms with Gasteiger partial charge in [-0.15, -0.1) is 0 Å². The Balaban J connectivity index is 2.04. The van der Waals surface area contributed by atoms with E-state index in [1.54, 1.807) is 13.0 Å². The van der Waals surface area contributed by atoms with Gasteiger partial charge in [0.2, 0.25) is 0 Å². The molecule has 2 aromatic carbocycles. The third-order valence-electron chi connectivity index (χ3n) is 2.92. The second-order valence-electron chi connectivity index (χ2n) is 4.50. The summed E-state index contributed by atoms with van der Waals surface area (Å²) in [4.78, 5) is 11.4. The Labute approximate surface area is 124 Å². The van der Waals surface area contributed by atoms with Crippen LogP contribution in [-0.2, 0) is 16.1 Å². The highest BCUT2D eigenvalue weighted by atomic mass is 16.6. The van der Waals surface area contributed by atoms with E-state index in [1.807, 2.05) is 48.5 Å². The molecule has 110 valence electrons. The maximum absolute atomic E-state index is 11.4. The Kier molecular flexibility index (Phi) is 5.21. The van der Waals surface area contributed by atoms with Crippen LogP contribution in [-0.4, -0.2) is 19.2 Å². The molecule has 0 aliphatic carbocycles. The van der Waals surface area contributed by atoms with Crippen molar-refractivity contribution in [2.45, 2.75) is 19.6 Å². The first kappa shape index (κ1) is 14.9. The van der Waals surface area contributed by atoms with Crippen LogP contribution in [0.25, 0.3) is 0 Å². The van der Waals surface area contributed by atoms with Crippen molar-refractivity contribution in [1.29, 1.82) is 0 Å². The van der Waals surface area contributed by atoms with Crippen molar-refractivity contribution in [3.05, 3.63) is 60.2 Å². The van der Waals surface area contributed by atoms with Gasteiger partial charge in [-0.3, -0.25) is 0 Å². The van der Waals surface area contributed by atoms with Crippen LogP contribution in [0.1, 0.15) is 12.5 Å². The molecule has 0 saturated carbocycles. The molecule has 0 spiro atoms. The molecule has 0 radical (unpaired) electrons. The van der Waals surface area contributed by atoms with Crippen molar-refractivity contribution in [2.75, 3.05) is 7.11 Å². The molecule has 2 rings (SSSR count). The summed E-state index contributed by atoms with van der Waals surface area (Å²) in [6, 6.07) is 17.1. The largest absolute Gasteiger partial charge is 0.485 e. The number of esters is 1. The number of hydrogen-bond donors (Lipinski definition) is 0. The van der Waals surface area contributed by atoms with Gasteiger partial charge in [-0.1, -0.05) is 42.5 Å². The van der Waals surface area contributed by atoms with E-state index >= 15 is 0 Å². The first-order chi connectivity index (χ1) is 10.2. The maximum Gasteiger partial charge on any atom is 0.346 e. The van der Waals surface area contributed by atoms with Crippen LogP contribution in [0.2, 0.25) is 0 Å². The standard InChI is InChI=1S/C17H18O4/c1-13(17(18)19-2)21-16-11-7-6-10-15(16)20-12-14-8-4-3-5-9-14/h3-11,13H,12H2,1-2H3/t13-/m1/s1. The van der Waals surface area contributed by atoms with E-state index in [1.165, 1.54) is 7.11 Å². The predicted octanol–water partition coefficient (Wildman–Crippen LogP) is 3.21. The van der Waals surface area contributed by atoms with Crippen molar-refractivity contribution in [3.63, 3.8) is 0 Å². The highest BCUT2D eigenvalue weighted by Gasteiger charge is 2.16. The molecular formula is C17H18O4. The van der Waals surface area contributed by atoms with Gasteiger partial charge in [0.1, 0.15) is 6.61 Å². The Hall–Kier alpha value is -2.49. The molecule has 4 heteroatoms. The summed E-state index contributed by atoms with van der Waals surface area (Å²) in [7, 11) is 1.33. The minimum Gasteiger partial charge on any atom is -0.485 e. The second kappa shape index (κ2) is 7.33. The molecule has 2 aromatic rings. The van der Waals surface area contributed by atoms with Gasteiger partial charge in [0.25, 0.3) is 0 Å². The fourth-order valence-electron chi connectivity index (χ4n) is 1.81. The normalized spacial score (nSPS) is 11.5. The zero-order valence-corrected chi connectivity index (χ0v) is 12.1. The fourth-order valence-corrected chi connectivity index (χ4v) is 1.81. The monoisotopic (exact) mass is 286 g/mol. The number of carbonyl (C=O) groups is 1. The lowest BCUT2D eigenvalue weighted by Gasteiger charge is -2.16. The zero-order chi connectivity index (χ0) is 15.1. The SMILES string of the molecule is COC(=O)[C@@H](C)Oc1ccccc1OCc1ccccc1. The summed E-state index contributed by atoms with van der Waals surface area (Å²) in [5.74, 6) is 0.691. The number of methoxy groups -OCH3 is 1. The summed E-state index contributed by atoms with van der Waals surface area (Å²) >= 11 is 0. The highest BCUT2D eigenvalue weighted by Crippen LogP contribution is 2.28. The first-order valence-corrected chi connectivity index (χ1v) is 6.71. The van der Waals surface area contributed by atoms with Crippen molar-refractivity contribution in [3.8, 4) is 11.5 Å². The van der Waals surface area contributed by atoms with E-state index < -0.39 is 12.1 Å². The molecule has 1 atom stereocenters. The Bertz CT molecular complexity index is 580. The number of rotatable bonds is 6. The lowest BCUT2D eigenvalue weighted by molar-refractivity contribution is -0.147. The lowest BCUT2D eigenvalue weighted by atomic mass is 10.2. The summed E-state index contributed by atoms with van der Waals surface area (Å²) in [6.07, 6.45) is -0.684. The first-order valence-electron chi connectivity index (χ1n) is 6.71. The number of benzene rings is 2. The zero-order valence-electron chi connectivity index (χ0n) is 12.1. The minimum atomic E-state index is -0.684. The molecule has 0 amide bonds. The molecule has 0 N–H and O–H groups in total. The summed E-state index contributed by atoms with van der Waals surface area (Å²) in [5.41, 5.74) is 1.06. The Morgan fingerprint density at radius 2 is 1.62 bits per heavy atom. The van der Waals surface area contributed by atoms with Crippen LogP contribution >= 0.6 is 0 Å². The van der Waals surface area contributed by atoms with Crippen molar-refractivity contribution >= 4 is 5.97 Å². The molecule has 0 aromatic heterocycles. The van der Waals surface area contributed by atoms with Crippen LogP contribution in [0, 0.1) is 0 Å². The van der Waals surface area contributed by atoms with Crippen LogP contribution in [0.4, 0.5) is 0 Å². The summed E-state index contributed by atoms with van der Waals surface area (Å²) in [6.45, 7) is 2.08. The number of ether oxygens (including phenoxy) is 3. The number of carbonyl (C=O) groups excluding carboxylic acids is 1. The van der Waals surface area contributed by atoms with E-state index in [9.17, 15) is 4.79 Å². The molecule has 0 bridgehead atoms. The maximum atomic E-state index is 11.4. The van der Waals surface area contributed by atoms with Crippen LogP contribution in [0.5, 0.6) is 11.5 Å².